The number of hydrogen-bond donors (Lipinski definition) is 0. The van der Waals surface area contributed by atoms with Crippen molar-refractivity contribution in [3.63, 3.8) is 0 Å². The van der Waals surface area contributed by atoms with Crippen LogP contribution in [-0.4, -0.2) is 21.3 Å². The van der Waals surface area contributed by atoms with Crippen LogP contribution in [0.2, 0.25) is 0 Å². The van der Waals surface area contributed by atoms with Gasteiger partial charge in [-0.05, 0) is 12.1 Å². The second-order valence-corrected chi connectivity index (χ2v) is 5.57. The zero-order valence-electron chi connectivity index (χ0n) is 15.1. The first-order chi connectivity index (χ1) is 13.1. The summed E-state index contributed by atoms with van der Waals surface area (Å²) >= 11 is 0. The Labute approximate surface area is 156 Å². The van der Waals surface area contributed by atoms with Crippen molar-refractivity contribution in [1.82, 2.24) is 0 Å². The van der Waals surface area contributed by atoms with E-state index in [-0.39, 0.29) is 11.3 Å². The average Bonchev–Trinajstić information content (AvgIpc) is 2.72. The second-order valence-electron chi connectivity index (χ2n) is 5.57. The Morgan fingerprint density at radius 1 is 0.889 bits per heavy atom. The fourth-order valence-corrected chi connectivity index (χ4v) is 2.76. The molecular formula is C21H17NO5. The quantitative estimate of drug-likeness (QED) is 0.684. The Kier molecular flexibility index (Phi) is 5.13. The first kappa shape index (κ1) is 18.1. The summed E-state index contributed by atoms with van der Waals surface area (Å²) in [6.45, 7) is 0. The van der Waals surface area contributed by atoms with E-state index in [1.807, 2.05) is 36.4 Å². The van der Waals surface area contributed by atoms with E-state index in [4.69, 9.17) is 18.6 Å². The Bertz CT molecular complexity index is 1040. The molecule has 0 N–H and O–H groups in total. The summed E-state index contributed by atoms with van der Waals surface area (Å²) in [7, 11) is 4.47. The molecule has 0 unspecified atom stereocenters. The first-order valence-corrected chi connectivity index (χ1v) is 8.07. The molecule has 0 aliphatic rings. The van der Waals surface area contributed by atoms with E-state index in [9.17, 15) is 10.1 Å². The number of benzene rings is 2. The van der Waals surface area contributed by atoms with Crippen LogP contribution in [0.1, 0.15) is 5.56 Å². The largest absolute Gasteiger partial charge is 0.493 e. The van der Waals surface area contributed by atoms with E-state index >= 15 is 0 Å². The van der Waals surface area contributed by atoms with Crippen LogP contribution < -0.4 is 19.6 Å². The molecule has 0 atom stereocenters. The van der Waals surface area contributed by atoms with Crippen LogP contribution in [0.3, 0.4) is 0 Å². The Balaban J connectivity index is 2.29. The molecule has 3 aromatic rings. The minimum atomic E-state index is -0.425. The fourth-order valence-electron chi connectivity index (χ4n) is 2.76. The zero-order valence-corrected chi connectivity index (χ0v) is 15.1. The van der Waals surface area contributed by atoms with Crippen molar-refractivity contribution in [1.29, 1.82) is 5.26 Å². The van der Waals surface area contributed by atoms with Crippen molar-refractivity contribution < 1.29 is 18.6 Å². The molecule has 2 aromatic carbocycles. The van der Waals surface area contributed by atoms with Gasteiger partial charge in [-0.25, -0.2) is 0 Å². The van der Waals surface area contributed by atoms with Gasteiger partial charge in [-0.15, -0.1) is 0 Å². The van der Waals surface area contributed by atoms with E-state index in [0.29, 0.717) is 28.6 Å². The summed E-state index contributed by atoms with van der Waals surface area (Å²) in [6, 6.07) is 15.7. The first-order valence-electron chi connectivity index (χ1n) is 8.07. The average molecular weight is 363 g/mol. The predicted molar refractivity (Wildman–Crippen MR) is 100 cm³/mol. The smallest absolute Gasteiger partial charge is 0.203 e. The zero-order chi connectivity index (χ0) is 19.4. The van der Waals surface area contributed by atoms with E-state index in [0.717, 1.165) is 5.56 Å². The molecule has 0 aliphatic heterocycles. The van der Waals surface area contributed by atoms with E-state index in [1.165, 1.54) is 27.4 Å². The molecule has 0 fully saturated rings. The van der Waals surface area contributed by atoms with Gasteiger partial charge in [0.2, 0.25) is 11.2 Å². The molecule has 3 rings (SSSR count). The Morgan fingerprint density at radius 2 is 1.52 bits per heavy atom. The number of ether oxygens (including phenoxy) is 3. The van der Waals surface area contributed by atoms with Crippen molar-refractivity contribution in [2.45, 2.75) is 0 Å². The lowest BCUT2D eigenvalue weighted by atomic mass is 10.0. The highest BCUT2D eigenvalue weighted by molar-refractivity contribution is 5.73. The maximum absolute atomic E-state index is 12.5. The number of hydrogen-bond acceptors (Lipinski definition) is 6. The molecular weight excluding hydrogens is 346 g/mol. The third-order valence-electron chi connectivity index (χ3n) is 4.04. The van der Waals surface area contributed by atoms with Gasteiger partial charge in [-0.3, -0.25) is 4.79 Å². The van der Waals surface area contributed by atoms with Gasteiger partial charge in [0, 0.05) is 17.2 Å². The van der Waals surface area contributed by atoms with Gasteiger partial charge in [-0.1, -0.05) is 30.3 Å². The van der Waals surface area contributed by atoms with Gasteiger partial charge in [0.25, 0.3) is 0 Å². The highest BCUT2D eigenvalue weighted by Gasteiger charge is 2.20. The van der Waals surface area contributed by atoms with Gasteiger partial charge in [-0.2, -0.15) is 5.26 Å². The molecule has 0 saturated heterocycles. The molecule has 0 bridgehead atoms. The molecule has 0 spiro atoms. The topological polar surface area (TPSA) is 81.7 Å². The van der Waals surface area contributed by atoms with Crippen LogP contribution in [-0.2, 0) is 0 Å². The third-order valence-corrected chi connectivity index (χ3v) is 4.04. The monoisotopic (exact) mass is 363 g/mol. The van der Waals surface area contributed by atoms with E-state index in [2.05, 4.69) is 0 Å². The molecule has 6 nitrogen and oxygen atoms in total. The lowest BCUT2D eigenvalue weighted by Gasteiger charge is -2.14. The van der Waals surface area contributed by atoms with Gasteiger partial charge in [0.1, 0.15) is 17.4 Å². The van der Waals surface area contributed by atoms with Crippen LogP contribution in [0.4, 0.5) is 0 Å². The van der Waals surface area contributed by atoms with Crippen LogP contribution in [0, 0.1) is 11.3 Å². The van der Waals surface area contributed by atoms with E-state index < -0.39 is 5.43 Å². The molecule has 0 amide bonds. The summed E-state index contributed by atoms with van der Waals surface area (Å²) in [5.41, 5.74) is 0.680. The molecule has 0 saturated carbocycles. The van der Waals surface area contributed by atoms with Crippen molar-refractivity contribution >= 4 is 0 Å². The summed E-state index contributed by atoms with van der Waals surface area (Å²) in [5, 5.41) is 9.48. The third kappa shape index (κ3) is 3.35. The van der Waals surface area contributed by atoms with Crippen molar-refractivity contribution in [3.05, 3.63) is 64.3 Å². The van der Waals surface area contributed by atoms with Gasteiger partial charge in [0.15, 0.2) is 17.3 Å². The summed E-state index contributed by atoms with van der Waals surface area (Å²) in [6.07, 6.45) is 0. The summed E-state index contributed by atoms with van der Waals surface area (Å²) in [5.74, 6) is 1.70. The molecule has 0 aliphatic carbocycles. The van der Waals surface area contributed by atoms with E-state index in [1.54, 1.807) is 12.1 Å². The summed E-state index contributed by atoms with van der Waals surface area (Å²) in [4.78, 5) is 12.5. The lowest BCUT2D eigenvalue weighted by Crippen LogP contribution is -2.07. The molecule has 6 heteroatoms. The maximum Gasteiger partial charge on any atom is 0.203 e. The predicted octanol–water partition coefficient (Wildman–Crippen LogP) is 3.87. The van der Waals surface area contributed by atoms with Gasteiger partial charge in [0.05, 0.1) is 21.3 Å². The highest BCUT2D eigenvalue weighted by atomic mass is 16.5. The van der Waals surface area contributed by atoms with Gasteiger partial charge < -0.3 is 18.6 Å². The number of nitrogens with zero attached hydrogens (tertiary/aromatic N) is 1. The second kappa shape index (κ2) is 7.67. The normalized spacial score (nSPS) is 10.1. The Morgan fingerprint density at radius 3 is 2.04 bits per heavy atom. The fraction of sp³-hybridized carbons (Fsp3) is 0.143. The molecule has 1 heterocycles. The Hall–Kier alpha value is -3.72. The maximum atomic E-state index is 12.5. The summed E-state index contributed by atoms with van der Waals surface area (Å²) < 4.78 is 22.0. The molecule has 1 aromatic heterocycles. The highest BCUT2D eigenvalue weighted by Crippen LogP contribution is 2.42. The molecule has 0 radical (unpaired) electrons. The van der Waals surface area contributed by atoms with Crippen LogP contribution in [0.5, 0.6) is 17.2 Å². The standard InChI is InChI=1S/C21H17NO5/c1-24-18-9-14(10-19(25-2)21(18)26-3)20-15(12-22)16(23)11-17(27-20)13-7-5-4-6-8-13/h4-11H,1-3H3. The lowest BCUT2D eigenvalue weighted by molar-refractivity contribution is 0.324. The van der Waals surface area contributed by atoms with Gasteiger partial charge >= 0.3 is 0 Å². The minimum Gasteiger partial charge on any atom is -0.493 e. The molecule has 136 valence electrons. The van der Waals surface area contributed by atoms with Crippen molar-refractivity contribution in [2.24, 2.45) is 0 Å². The number of methoxy groups -OCH3 is 3. The van der Waals surface area contributed by atoms with Crippen LogP contribution in [0.15, 0.2) is 57.7 Å². The van der Waals surface area contributed by atoms with Crippen molar-refractivity contribution in [3.8, 4) is 46.0 Å². The number of rotatable bonds is 5. The molecule has 27 heavy (non-hydrogen) atoms. The van der Waals surface area contributed by atoms with Crippen LogP contribution >= 0.6 is 0 Å². The SMILES string of the molecule is COc1cc(-c2oc(-c3ccccc3)cc(=O)c2C#N)cc(OC)c1OC. The van der Waals surface area contributed by atoms with Crippen LogP contribution in [0.25, 0.3) is 22.6 Å². The number of nitriles is 1. The minimum absolute atomic E-state index is 0.0936. The van der Waals surface area contributed by atoms with Crippen molar-refractivity contribution in [2.75, 3.05) is 21.3 Å².